The standard InChI is InChI=1S/C20H21N3O4/c1-12(2)21-19(24)14-7-5-6-13(10-14)18-22-20(27-23-18)15-8-9-16(25-3)17(11-15)26-4/h5-12H,1-4H3,(H,21,24). The molecule has 1 N–H and O–H groups in total. The summed E-state index contributed by atoms with van der Waals surface area (Å²) >= 11 is 0. The summed E-state index contributed by atoms with van der Waals surface area (Å²) in [7, 11) is 3.14. The van der Waals surface area contributed by atoms with Gasteiger partial charge in [-0.05, 0) is 44.2 Å². The molecule has 1 heterocycles. The molecule has 0 spiro atoms. The third-order valence-electron chi connectivity index (χ3n) is 3.86. The average molecular weight is 367 g/mol. The van der Waals surface area contributed by atoms with Gasteiger partial charge in [-0.25, -0.2) is 0 Å². The van der Waals surface area contributed by atoms with Crippen molar-refractivity contribution >= 4 is 5.91 Å². The second-order valence-corrected chi connectivity index (χ2v) is 6.20. The van der Waals surface area contributed by atoms with Crippen LogP contribution >= 0.6 is 0 Å². The minimum Gasteiger partial charge on any atom is -0.493 e. The number of carbonyl (C=O) groups excluding carboxylic acids is 1. The summed E-state index contributed by atoms with van der Waals surface area (Å²) in [5.41, 5.74) is 1.95. The van der Waals surface area contributed by atoms with E-state index in [9.17, 15) is 4.79 Å². The van der Waals surface area contributed by atoms with Crippen molar-refractivity contribution in [2.45, 2.75) is 19.9 Å². The molecule has 3 rings (SSSR count). The first-order valence-electron chi connectivity index (χ1n) is 8.49. The first kappa shape index (κ1) is 18.4. The fourth-order valence-corrected chi connectivity index (χ4v) is 2.57. The number of methoxy groups -OCH3 is 2. The van der Waals surface area contributed by atoms with E-state index in [-0.39, 0.29) is 11.9 Å². The zero-order valence-electron chi connectivity index (χ0n) is 15.6. The van der Waals surface area contributed by atoms with Gasteiger partial charge in [0, 0.05) is 22.7 Å². The summed E-state index contributed by atoms with van der Waals surface area (Å²) in [5, 5.41) is 6.90. The largest absolute Gasteiger partial charge is 0.493 e. The SMILES string of the molecule is COc1ccc(-c2nc(-c3cccc(C(=O)NC(C)C)c3)no2)cc1OC. The number of carbonyl (C=O) groups is 1. The summed E-state index contributed by atoms with van der Waals surface area (Å²) in [4.78, 5) is 16.6. The number of benzene rings is 2. The van der Waals surface area contributed by atoms with Crippen LogP contribution in [-0.4, -0.2) is 36.3 Å². The Morgan fingerprint density at radius 2 is 1.81 bits per heavy atom. The number of aromatic nitrogens is 2. The van der Waals surface area contributed by atoms with Crippen molar-refractivity contribution in [1.82, 2.24) is 15.5 Å². The summed E-state index contributed by atoms with van der Waals surface area (Å²) in [5.74, 6) is 1.80. The van der Waals surface area contributed by atoms with E-state index in [0.717, 1.165) is 0 Å². The van der Waals surface area contributed by atoms with Gasteiger partial charge in [0.15, 0.2) is 11.5 Å². The molecule has 0 saturated carbocycles. The molecule has 3 aromatic rings. The molecule has 0 atom stereocenters. The van der Waals surface area contributed by atoms with E-state index in [0.29, 0.717) is 39.9 Å². The third-order valence-corrected chi connectivity index (χ3v) is 3.86. The van der Waals surface area contributed by atoms with E-state index in [1.807, 2.05) is 26.0 Å². The summed E-state index contributed by atoms with van der Waals surface area (Å²) in [6.07, 6.45) is 0. The topological polar surface area (TPSA) is 86.5 Å². The van der Waals surface area contributed by atoms with Crippen LogP contribution in [0.5, 0.6) is 11.5 Å². The Hall–Kier alpha value is -3.35. The smallest absolute Gasteiger partial charge is 0.258 e. The van der Waals surface area contributed by atoms with Crippen LogP contribution in [0.1, 0.15) is 24.2 Å². The Kier molecular flexibility index (Phi) is 5.40. The summed E-state index contributed by atoms with van der Waals surface area (Å²) in [6, 6.07) is 12.5. The van der Waals surface area contributed by atoms with Gasteiger partial charge in [-0.15, -0.1) is 0 Å². The first-order valence-corrected chi connectivity index (χ1v) is 8.49. The Morgan fingerprint density at radius 3 is 2.52 bits per heavy atom. The van der Waals surface area contributed by atoms with Gasteiger partial charge in [-0.1, -0.05) is 17.3 Å². The summed E-state index contributed by atoms with van der Waals surface area (Å²) < 4.78 is 15.9. The van der Waals surface area contributed by atoms with E-state index in [2.05, 4.69) is 15.5 Å². The van der Waals surface area contributed by atoms with Crippen LogP contribution in [-0.2, 0) is 0 Å². The maximum atomic E-state index is 12.2. The van der Waals surface area contributed by atoms with Gasteiger partial charge in [-0.3, -0.25) is 4.79 Å². The maximum Gasteiger partial charge on any atom is 0.258 e. The predicted molar refractivity (Wildman–Crippen MR) is 101 cm³/mol. The lowest BCUT2D eigenvalue weighted by atomic mass is 10.1. The molecule has 0 unspecified atom stereocenters. The Balaban J connectivity index is 1.89. The highest BCUT2D eigenvalue weighted by Crippen LogP contribution is 2.32. The molecular formula is C20H21N3O4. The molecule has 2 aromatic carbocycles. The molecule has 0 aliphatic rings. The Bertz CT molecular complexity index is 950. The quantitative estimate of drug-likeness (QED) is 0.717. The summed E-state index contributed by atoms with van der Waals surface area (Å²) in [6.45, 7) is 3.83. The molecule has 140 valence electrons. The van der Waals surface area contributed by atoms with E-state index < -0.39 is 0 Å². The first-order chi connectivity index (χ1) is 13.0. The number of nitrogens with one attached hydrogen (secondary N) is 1. The van der Waals surface area contributed by atoms with Gasteiger partial charge in [0.25, 0.3) is 11.8 Å². The van der Waals surface area contributed by atoms with E-state index in [1.165, 1.54) is 0 Å². The van der Waals surface area contributed by atoms with Crippen LogP contribution in [0.2, 0.25) is 0 Å². The van der Waals surface area contributed by atoms with Gasteiger partial charge in [0.05, 0.1) is 14.2 Å². The second-order valence-electron chi connectivity index (χ2n) is 6.20. The number of amides is 1. The van der Waals surface area contributed by atoms with Crippen molar-refractivity contribution in [3.63, 3.8) is 0 Å². The third kappa shape index (κ3) is 4.08. The van der Waals surface area contributed by atoms with Crippen LogP contribution in [0.25, 0.3) is 22.8 Å². The average Bonchev–Trinajstić information content (AvgIpc) is 3.17. The highest BCUT2D eigenvalue weighted by atomic mass is 16.5. The van der Waals surface area contributed by atoms with Crippen molar-refractivity contribution in [2.24, 2.45) is 0 Å². The van der Waals surface area contributed by atoms with Crippen molar-refractivity contribution in [3.05, 3.63) is 48.0 Å². The van der Waals surface area contributed by atoms with Crippen LogP contribution < -0.4 is 14.8 Å². The fourth-order valence-electron chi connectivity index (χ4n) is 2.57. The van der Waals surface area contributed by atoms with Crippen molar-refractivity contribution < 1.29 is 18.8 Å². The molecular weight excluding hydrogens is 346 g/mol. The predicted octanol–water partition coefficient (Wildman–Crippen LogP) is 3.56. The molecule has 0 aliphatic heterocycles. The Morgan fingerprint density at radius 1 is 1.04 bits per heavy atom. The van der Waals surface area contributed by atoms with Gasteiger partial charge >= 0.3 is 0 Å². The number of hydrogen-bond acceptors (Lipinski definition) is 6. The molecule has 0 fully saturated rings. The van der Waals surface area contributed by atoms with Gasteiger partial charge in [0.2, 0.25) is 5.82 Å². The molecule has 1 amide bonds. The number of hydrogen-bond donors (Lipinski definition) is 1. The highest BCUT2D eigenvalue weighted by molar-refractivity contribution is 5.95. The molecule has 7 heteroatoms. The molecule has 1 aromatic heterocycles. The minimum atomic E-state index is -0.143. The Labute approximate surface area is 157 Å². The van der Waals surface area contributed by atoms with Crippen molar-refractivity contribution in [1.29, 1.82) is 0 Å². The van der Waals surface area contributed by atoms with Crippen LogP contribution in [0, 0.1) is 0 Å². The minimum absolute atomic E-state index is 0.0583. The van der Waals surface area contributed by atoms with E-state index in [4.69, 9.17) is 14.0 Å². The van der Waals surface area contributed by atoms with Gasteiger partial charge in [-0.2, -0.15) is 4.98 Å². The molecule has 0 bridgehead atoms. The van der Waals surface area contributed by atoms with E-state index in [1.54, 1.807) is 44.6 Å². The number of rotatable bonds is 6. The monoisotopic (exact) mass is 367 g/mol. The number of nitrogens with zero attached hydrogens (tertiary/aromatic N) is 2. The molecule has 0 saturated heterocycles. The molecule has 27 heavy (non-hydrogen) atoms. The lowest BCUT2D eigenvalue weighted by Gasteiger charge is -2.08. The van der Waals surface area contributed by atoms with Gasteiger partial charge in [0.1, 0.15) is 0 Å². The number of ether oxygens (including phenoxy) is 2. The normalized spacial score (nSPS) is 10.7. The molecule has 7 nitrogen and oxygen atoms in total. The highest BCUT2D eigenvalue weighted by Gasteiger charge is 2.15. The van der Waals surface area contributed by atoms with Crippen LogP contribution in [0.15, 0.2) is 47.0 Å². The van der Waals surface area contributed by atoms with E-state index >= 15 is 0 Å². The van der Waals surface area contributed by atoms with Crippen LogP contribution in [0.4, 0.5) is 0 Å². The lowest BCUT2D eigenvalue weighted by Crippen LogP contribution is -2.30. The maximum absolute atomic E-state index is 12.2. The van der Waals surface area contributed by atoms with Crippen molar-refractivity contribution in [3.8, 4) is 34.3 Å². The second kappa shape index (κ2) is 7.90. The fraction of sp³-hybridized carbons (Fsp3) is 0.250. The van der Waals surface area contributed by atoms with Gasteiger partial charge < -0.3 is 19.3 Å². The zero-order chi connectivity index (χ0) is 19.4. The zero-order valence-corrected chi connectivity index (χ0v) is 15.6. The lowest BCUT2D eigenvalue weighted by molar-refractivity contribution is 0.0943. The van der Waals surface area contributed by atoms with Crippen molar-refractivity contribution in [2.75, 3.05) is 14.2 Å². The molecule has 0 aliphatic carbocycles. The van der Waals surface area contributed by atoms with Crippen LogP contribution in [0.3, 0.4) is 0 Å². The molecule has 0 radical (unpaired) electrons.